The van der Waals surface area contributed by atoms with Gasteiger partial charge in [-0.25, -0.2) is 15.2 Å². The Kier molecular flexibility index (Phi) is 4.71. The number of carbonyl (C=O) groups excluding carboxylic acids is 1. The minimum atomic E-state index is -0.812. The number of hydrogen-bond acceptors (Lipinski definition) is 5. The van der Waals surface area contributed by atoms with E-state index in [1.807, 2.05) is 24.3 Å². The zero-order valence-electron chi connectivity index (χ0n) is 12.6. The van der Waals surface area contributed by atoms with E-state index in [1.165, 1.54) is 6.21 Å². The number of urea groups is 1. The van der Waals surface area contributed by atoms with Crippen molar-refractivity contribution >= 4 is 34.6 Å². The van der Waals surface area contributed by atoms with Crippen molar-refractivity contribution in [2.45, 2.75) is 0 Å². The van der Waals surface area contributed by atoms with E-state index >= 15 is 0 Å². The molecule has 0 saturated heterocycles. The Labute approximate surface area is 146 Å². The van der Waals surface area contributed by atoms with Gasteiger partial charge in [-0.2, -0.15) is 14.5 Å². The van der Waals surface area contributed by atoms with Gasteiger partial charge in [-0.1, -0.05) is 30.3 Å². The molecule has 1 aromatic heterocycles. The van der Waals surface area contributed by atoms with Crippen molar-refractivity contribution in [1.29, 1.82) is 0 Å². The van der Waals surface area contributed by atoms with Crippen LogP contribution in [0.15, 0.2) is 47.7 Å². The van der Waals surface area contributed by atoms with Crippen LogP contribution in [0.5, 0.6) is 11.6 Å². The lowest BCUT2D eigenvalue weighted by Gasteiger charge is -2.11. The van der Waals surface area contributed by atoms with Crippen molar-refractivity contribution < 1.29 is 13.9 Å². The van der Waals surface area contributed by atoms with Gasteiger partial charge in [0.1, 0.15) is 5.75 Å². The molecule has 0 atom stereocenters. The topological polar surface area (TPSA) is 102 Å². The number of nitrogens with zero attached hydrogens (tertiary/aromatic N) is 3. The highest BCUT2D eigenvalue weighted by Gasteiger charge is 2.13. The Morgan fingerprint density at radius 3 is 2.92 bits per heavy atom. The van der Waals surface area contributed by atoms with Crippen molar-refractivity contribution in [3.8, 4) is 11.6 Å². The third kappa shape index (κ3) is 3.81. The summed E-state index contributed by atoms with van der Waals surface area (Å²) in [5.74, 6) is -0.828. The van der Waals surface area contributed by atoms with E-state index in [-0.39, 0.29) is 16.9 Å². The molecule has 0 saturated carbocycles. The number of ether oxygens (including phenoxy) is 1. The molecule has 3 rings (SSSR count). The zero-order chi connectivity index (χ0) is 17.8. The Balaban J connectivity index is 2.08. The molecule has 0 aliphatic rings. The molecule has 2 amide bonds. The molecule has 0 aliphatic carbocycles. The van der Waals surface area contributed by atoms with E-state index < -0.39 is 11.8 Å². The number of rotatable bonds is 4. The molecular weight excluding hydrogens is 349 g/mol. The minimum absolute atomic E-state index is 0.150. The van der Waals surface area contributed by atoms with E-state index in [4.69, 9.17) is 22.1 Å². The first-order chi connectivity index (χ1) is 12.0. The number of hydrazone groups is 1. The standard InChI is InChI=1S/C16H11ClFN5O2/c17-15-20-8-12(18)14(22-15)25-13-6-5-9-3-1-2-4-10(9)11(13)7-21-23-16(19)24/h1-8H,(H3,19,23,24)/b21-7+. The molecule has 7 nitrogen and oxygen atoms in total. The second kappa shape index (κ2) is 7.10. The summed E-state index contributed by atoms with van der Waals surface area (Å²) >= 11 is 5.68. The summed E-state index contributed by atoms with van der Waals surface area (Å²) in [6.45, 7) is 0. The molecule has 0 unspecified atom stereocenters. The van der Waals surface area contributed by atoms with Crippen LogP contribution < -0.4 is 15.9 Å². The van der Waals surface area contributed by atoms with E-state index in [1.54, 1.807) is 12.1 Å². The molecule has 2 aromatic carbocycles. The van der Waals surface area contributed by atoms with E-state index in [0.29, 0.717) is 5.56 Å². The number of benzene rings is 2. The maximum absolute atomic E-state index is 13.8. The second-order valence-electron chi connectivity index (χ2n) is 4.83. The summed E-state index contributed by atoms with van der Waals surface area (Å²) in [6.07, 6.45) is 2.26. The molecule has 126 valence electrons. The smallest absolute Gasteiger partial charge is 0.332 e. The molecular formula is C16H11ClFN5O2. The lowest BCUT2D eigenvalue weighted by molar-refractivity contribution is 0.249. The number of primary amides is 1. The highest BCUT2D eigenvalue weighted by molar-refractivity contribution is 6.28. The number of nitrogens with one attached hydrogen (secondary N) is 1. The molecule has 9 heteroatoms. The van der Waals surface area contributed by atoms with Crippen LogP contribution in [0, 0.1) is 5.82 Å². The number of aromatic nitrogens is 2. The Bertz CT molecular complexity index is 980. The first kappa shape index (κ1) is 16.6. The van der Waals surface area contributed by atoms with Crippen molar-refractivity contribution in [3.63, 3.8) is 0 Å². The lowest BCUT2D eigenvalue weighted by Crippen LogP contribution is -2.24. The van der Waals surface area contributed by atoms with Gasteiger partial charge in [-0.3, -0.25) is 0 Å². The fourth-order valence-electron chi connectivity index (χ4n) is 2.17. The van der Waals surface area contributed by atoms with Crippen LogP contribution in [0.25, 0.3) is 10.8 Å². The van der Waals surface area contributed by atoms with Crippen LogP contribution in [0.4, 0.5) is 9.18 Å². The van der Waals surface area contributed by atoms with Crippen LogP contribution >= 0.6 is 11.6 Å². The molecule has 0 fully saturated rings. The number of hydrogen-bond donors (Lipinski definition) is 2. The summed E-state index contributed by atoms with van der Waals surface area (Å²) < 4.78 is 19.4. The largest absolute Gasteiger partial charge is 0.436 e. The first-order valence-corrected chi connectivity index (χ1v) is 7.38. The van der Waals surface area contributed by atoms with Crippen LogP contribution in [0.3, 0.4) is 0 Å². The molecule has 3 aromatic rings. The quantitative estimate of drug-likeness (QED) is 0.424. The zero-order valence-corrected chi connectivity index (χ0v) is 13.4. The fraction of sp³-hybridized carbons (Fsp3) is 0. The second-order valence-corrected chi connectivity index (χ2v) is 5.17. The number of carbonyl (C=O) groups is 1. The average Bonchev–Trinajstić information content (AvgIpc) is 2.59. The van der Waals surface area contributed by atoms with Gasteiger partial charge in [-0.15, -0.1) is 0 Å². The number of amides is 2. The third-order valence-electron chi connectivity index (χ3n) is 3.19. The van der Waals surface area contributed by atoms with Crippen molar-refractivity contribution in [2.24, 2.45) is 10.8 Å². The van der Waals surface area contributed by atoms with Crippen LogP contribution in [-0.4, -0.2) is 22.2 Å². The molecule has 25 heavy (non-hydrogen) atoms. The van der Waals surface area contributed by atoms with Gasteiger partial charge >= 0.3 is 6.03 Å². The lowest BCUT2D eigenvalue weighted by atomic mass is 10.0. The Morgan fingerprint density at radius 2 is 2.12 bits per heavy atom. The highest BCUT2D eigenvalue weighted by Crippen LogP contribution is 2.31. The molecule has 0 radical (unpaired) electrons. The average molecular weight is 360 g/mol. The van der Waals surface area contributed by atoms with Crippen molar-refractivity contribution in [1.82, 2.24) is 15.4 Å². The molecule has 1 heterocycles. The van der Waals surface area contributed by atoms with E-state index in [9.17, 15) is 9.18 Å². The summed E-state index contributed by atoms with van der Waals surface area (Å²) in [4.78, 5) is 18.1. The van der Waals surface area contributed by atoms with Crippen LogP contribution in [0.1, 0.15) is 5.56 Å². The number of halogens is 2. The van der Waals surface area contributed by atoms with Gasteiger partial charge in [0.25, 0.3) is 5.88 Å². The normalized spacial score (nSPS) is 11.0. The van der Waals surface area contributed by atoms with Crippen molar-refractivity contribution in [3.05, 3.63) is 59.3 Å². The van der Waals surface area contributed by atoms with Gasteiger partial charge in [-0.05, 0) is 28.4 Å². The predicted octanol–water partition coefficient (Wildman–Crippen LogP) is 3.22. The first-order valence-electron chi connectivity index (χ1n) is 7.01. The molecule has 0 spiro atoms. The van der Waals surface area contributed by atoms with Crippen LogP contribution in [0.2, 0.25) is 5.28 Å². The summed E-state index contributed by atoms with van der Waals surface area (Å²) in [5, 5.41) is 5.27. The highest BCUT2D eigenvalue weighted by atomic mass is 35.5. The minimum Gasteiger partial charge on any atom is -0.436 e. The predicted molar refractivity (Wildman–Crippen MR) is 91.3 cm³/mol. The molecule has 3 N–H and O–H groups in total. The van der Waals surface area contributed by atoms with Gasteiger partial charge < -0.3 is 10.5 Å². The molecule has 0 bridgehead atoms. The third-order valence-corrected chi connectivity index (χ3v) is 3.37. The fourth-order valence-corrected chi connectivity index (χ4v) is 2.29. The Hall–Kier alpha value is -3.26. The monoisotopic (exact) mass is 359 g/mol. The summed E-state index contributed by atoms with van der Waals surface area (Å²) in [5.41, 5.74) is 7.59. The van der Waals surface area contributed by atoms with Crippen LogP contribution in [-0.2, 0) is 0 Å². The van der Waals surface area contributed by atoms with Gasteiger partial charge in [0.15, 0.2) is 0 Å². The SMILES string of the molecule is NC(=O)N/N=C/c1c(Oc2nc(Cl)ncc2F)ccc2ccccc12. The summed E-state index contributed by atoms with van der Waals surface area (Å²) in [7, 11) is 0. The van der Waals surface area contributed by atoms with Gasteiger partial charge in [0.2, 0.25) is 11.1 Å². The van der Waals surface area contributed by atoms with Gasteiger partial charge in [0, 0.05) is 5.56 Å². The molecule has 0 aliphatic heterocycles. The van der Waals surface area contributed by atoms with E-state index in [0.717, 1.165) is 17.0 Å². The van der Waals surface area contributed by atoms with Crippen molar-refractivity contribution in [2.75, 3.05) is 0 Å². The van der Waals surface area contributed by atoms with Gasteiger partial charge in [0.05, 0.1) is 12.4 Å². The number of nitrogens with two attached hydrogens (primary N) is 1. The summed E-state index contributed by atoms with van der Waals surface area (Å²) in [6, 6.07) is 10.0. The number of fused-ring (bicyclic) bond motifs is 1. The van der Waals surface area contributed by atoms with E-state index in [2.05, 4.69) is 20.5 Å². The maximum atomic E-state index is 13.8. The maximum Gasteiger partial charge on any atom is 0.332 e. The Morgan fingerprint density at radius 1 is 1.32 bits per heavy atom.